The first-order valence-corrected chi connectivity index (χ1v) is 9.19. The number of amides is 1. The van der Waals surface area contributed by atoms with Gasteiger partial charge in [0.1, 0.15) is 5.54 Å². The fourth-order valence-electron chi connectivity index (χ4n) is 4.21. The quantitative estimate of drug-likeness (QED) is 0.884. The summed E-state index contributed by atoms with van der Waals surface area (Å²) in [6.45, 7) is 2.63. The molecular formula is C18H31ClN4O. The Morgan fingerprint density at radius 2 is 2.00 bits per heavy atom. The molecule has 0 radical (unpaired) electrons. The smallest absolute Gasteiger partial charge is 0.250 e. The number of nitrogens with zero attached hydrogens (tertiary/aromatic N) is 3. The van der Waals surface area contributed by atoms with E-state index in [-0.39, 0.29) is 18.3 Å². The SMILES string of the molecule is CN(CCC1CCCCC1)C(=O)C1(n2cccn2)CCNCC1.Cl. The third-order valence-corrected chi connectivity index (χ3v) is 5.72. The first-order chi connectivity index (χ1) is 11.2. The van der Waals surface area contributed by atoms with Gasteiger partial charge in [-0.3, -0.25) is 9.48 Å². The first-order valence-electron chi connectivity index (χ1n) is 9.19. The highest BCUT2D eigenvalue weighted by Gasteiger charge is 2.43. The minimum Gasteiger partial charge on any atom is -0.344 e. The van der Waals surface area contributed by atoms with Crippen molar-refractivity contribution < 1.29 is 4.79 Å². The van der Waals surface area contributed by atoms with E-state index in [2.05, 4.69) is 10.4 Å². The van der Waals surface area contributed by atoms with Crippen molar-refractivity contribution in [1.82, 2.24) is 20.0 Å². The fourth-order valence-corrected chi connectivity index (χ4v) is 4.21. The minimum absolute atomic E-state index is 0. The molecule has 0 bridgehead atoms. The molecule has 2 heterocycles. The van der Waals surface area contributed by atoms with E-state index in [1.165, 1.54) is 32.1 Å². The van der Waals surface area contributed by atoms with E-state index in [1.807, 2.05) is 28.9 Å². The Labute approximate surface area is 151 Å². The summed E-state index contributed by atoms with van der Waals surface area (Å²) in [4.78, 5) is 15.2. The summed E-state index contributed by atoms with van der Waals surface area (Å²) >= 11 is 0. The van der Waals surface area contributed by atoms with Crippen LogP contribution in [0.1, 0.15) is 51.4 Å². The maximum atomic E-state index is 13.2. The molecule has 2 fully saturated rings. The molecule has 1 aliphatic heterocycles. The van der Waals surface area contributed by atoms with Crippen LogP contribution in [0.15, 0.2) is 18.5 Å². The first kappa shape index (κ1) is 19.3. The second-order valence-electron chi connectivity index (χ2n) is 7.25. The standard InChI is InChI=1S/C18H30N4O.ClH/c1-21(15-8-16-6-3-2-4-7-16)17(23)18(9-12-19-13-10-18)22-14-5-11-20-22;/h5,11,14,16,19H,2-4,6-10,12-13,15H2,1H3;1H. The van der Waals surface area contributed by atoms with E-state index < -0.39 is 5.54 Å². The molecule has 0 aromatic carbocycles. The summed E-state index contributed by atoms with van der Waals surface area (Å²) in [5.74, 6) is 1.05. The number of aromatic nitrogens is 2. The van der Waals surface area contributed by atoms with E-state index >= 15 is 0 Å². The van der Waals surface area contributed by atoms with Gasteiger partial charge in [-0.2, -0.15) is 5.10 Å². The van der Waals surface area contributed by atoms with Gasteiger partial charge in [0.2, 0.25) is 5.91 Å². The summed E-state index contributed by atoms with van der Waals surface area (Å²) in [6.07, 6.45) is 13.3. The molecule has 2 aliphatic rings. The third kappa shape index (κ3) is 4.12. The topological polar surface area (TPSA) is 50.2 Å². The summed E-state index contributed by atoms with van der Waals surface area (Å²) in [5.41, 5.74) is -0.490. The lowest BCUT2D eigenvalue weighted by atomic mass is 9.85. The molecule has 1 N–H and O–H groups in total. The Balaban J connectivity index is 0.00000208. The average Bonchev–Trinajstić information content (AvgIpc) is 3.15. The zero-order valence-corrected chi connectivity index (χ0v) is 15.6. The molecule has 136 valence electrons. The van der Waals surface area contributed by atoms with E-state index in [0.717, 1.165) is 44.8 Å². The lowest BCUT2D eigenvalue weighted by molar-refractivity contribution is -0.142. The van der Waals surface area contributed by atoms with Crippen molar-refractivity contribution in [2.75, 3.05) is 26.7 Å². The molecule has 3 rings (SSSR count). The Morgan fingerprint density at radius 3 is 2.62 bits per heavy atom. The predicted molar refractivity (Wildman–Crippen MR) is 98.4 cm³/mol. The molecule has 5 nitrogen and oxygen atoms in total. The van der Waals surface area contributed by atoms with Crippen LogP contribution in [0.3, 0.4) is 0 Å². The number of likely N-dealkylation sites (N-methyl/N-ethyl adjacent to an activating group) is 1. The van der Waals surface area contributed by atoms with E-state index in [9.17, 15) is 4.79 Å². The maximum absolute atomic E-state index is 13.2. The summed E-state index contributed by atoms with van der Waals surface area (Å²) in [5, 5.41) is 7.77. The molecule has 0 spiro atoms. The van der Waals surface area contributed by atoms with Gasteiger partial charge in [0.25, 0.3) is 0 Å². The molecule has 1 amide bonds. The van der Waals surface area contributed by atoms with Crippen LogP contribution in [0, 0.1) is 5.92 Å². The monoisotopic (exact) mass is 354 g/mol. The van der Waals surface area contributed by atoms with Gasteiger partial charge in [-0.1, -0.05) is 32.1 Å². The highest BCUT2D eigenvalue weighted by molar-refractivity contribution is 5.85. The summed E-state index contributed by atoms with van der Waals surface area (Å²) in [6, 6.07) is 1.92. The van der Waals surface area contributed by atoms with Crippen LogP contribution in [0.4, 0.5) is 0 Å². The van der Waals surface area contributed by atoms with Gasteiger partial charge in [-0.15, -0.1) is 12.4 Å². The molecule has 1 aromatic heterocycles. The molecule has 1 saturated carbocycles. The molecule has 1 saturated heterocycles. The van der Waals surface area contributed by atoms with Crippen LogP contribution >= 0.6 is 12.4 Å². The lowest BCUT2D eigenvalue weighted by Crippen LogP contribution is -2.55. The number of carbonyl (C=O) groups excluding carboxylic acids is 1. The molecule has 1 aliphatic carbocycles. The van der Waals surface area contributed by atoms with Crippen molar-refractivity contribution in [1.29, 1.82) is 0 Å². The second-order valence-corrected chi connectivity index (χ2v) is 7.25. The fraction of sp³-hybridized carbons (Fsp3) is 0.778. The van der Waals surface area contributed by atoms with Crippen LogP contribution in [0.5, 0.6) is 0 Å². The van der Waals surface area contributed by atoms with E-state index in [0.29, 0.717) is 0 Å². The predicted octanol–water partition coefficient (Wildman–Crippen LogP) is 2.81. The van der Waals surface area contributed by atoms with Gasteiger partial charge in [0.15, 0.2) is 0 Å². The largest absolute Gasteiger partial charge is 0.344 e. The Kier molecular flexibility index (Phi) is 7.11. The van der Waals surface area contributed by atoms with Crippen molar-refractivity contribution in [3.63, 3.8) is 0 Å². The van der Waals surface area contributed by atoms with Gasteiger partial charge in [-0.05, 0) is 44.3 Å². The molecule has 1 aromatic rings. The van der Waals surface area contributed by atoms with Crippen molar-refractivity contribution in [2.24, 2.45) is 5.92 Å². The molecule has 6 heteroatoms. The van der Waals surface area contributed by atoms with Crippen molar-refractivity contribution in [3.8, 4) is 0 Å². The average molecular weight is 355 g/mol. The van der Waals surface area contributed by atoms with Gasteiger partial charge in [-0.25, -0.2) is 0 Å². The number of piperidine rings is 1. The van der Waals surface area contributed by atoms with Gasteiger partial charge in [0, 0.05) is 26.0 Å². The molecule has 0 unspecified atom stereocenters. The zero-order valence-electron chi connectivity index (χ0n) is 14.7. The van der Waals surface area contributed by atoms with Crippen LogP contribution in [-0.2, 0) is 10.3 Å². The van der Waals surface area contributed by atoms with Crippen molar-refractivity contribution in [3.05, 3.63) is 18.5 Å². The Morgan fingerprint density at radius 1 is 1.29 bits per heavy atom. The number of halogens is 1. The number of hydrogen-bond acceptors (Lipinski definition) is 3. The van der Waals surface area contributed by atoms with E-state index in [1.54, 1.807) is 6.20 Å². The molecular weight excluding hydrogens is 324 g/mol. The van der Waals surface area contributed by atoms with Crippen LogP contribution < -0.4 is 5.32 Å². The summed E-state index contributed by atoms with van der Waals surface area (Å²) in [7, 11) is 1.97. The van der Waals surface area contributed by atoms with Gasteiger partial charge >= 0.3 is 0 Å². The van der Waals surface area contributed by atoms with E-state index in [4.69, 9.17) is 0 Å². The summed E-state index contributed by atoms with van der Waals surface area (Å²) < 4.78 is 1.90. The zero-order chi connectivity index (χ0) is 16.1. The number of nitrogens with one attached hydrogen (secondary N) is 1. The normalized spacial score (nSPS) is 21.0. The molecule has 24 heavy (non-hydrogen) atoms. The highest BCUT2D eigenvalue weighted by atomic mass is 35.5. The second kappa shape index (κ2) is 8.86. The van der Waals surface area contributed by atoms with Crippen LogP contribution in [-0.4, -0.2) is 47.3 Å². The maximum Gasteiger partial charge on any atom is 0.250 e. The highest BCUT2D eigenvalue weighted by Crippen LogP contribution is 2.30. The molecule has 0 atom stereocenters. The van der Waals surface area contributed by atoms with Crippen molar-refractivity contribution in [2.45, 2.75) is 56.9 Å². The number of hydrogen-bond donors (Lipinski definition) is 1. The van der Waals surface area contributed by atoms with Gasteiger partial charge in [0.05, 0.1) is 0 Å². The minimum atomic E-state index is -0.490. The van der Waals surface area contributed by atoms with Crippen LogP contribution in [0.25, 0.3) is 0 Å². The van der Waals surface area contributed by atoms with Gasteiger partial charge < -0.3 is 10.2 Å². The number of rotatable bonds is 5. The van der Waals surface area contributed by atoms with Crippen LogP contribution in [0.2, 0.25) is 0 Å². The Bertz CT molecular complexity index is 493. The van der Waals surface area contributed by atoms with Crippen molar-refractivity contribution >= 4 is 18.3 Å². The Hall–Kier alpha value is -1.07. The lowest BCUT2D eigenvalue weighted by Gasteiger charge is -2.39. The third-order valence-electron chi connectivity index (χ3n) is 5.72. The number of carbonyl (C=O) groups is 1.